The summed E-state index contributed by atoms with van der Waals surface area (Å²) in [4.78, 5) is 9.01. The third-order valence-electron chi connectivity index (χ3n) is 2.17. The third kappa shape index (κ3) is 3.49. The van der Waals surface area contributed by atoms with Crippen molar-refractivity contribution in [1.82, 2.24) is 9.97 Å². The molecule has 1 aromatic rings. The first kappa shape index (κ1) is 12.5. The quantitative estimate of drug-likeness (QED) is 0.787. The average molecular weight is 224 g/mol. The largest absolute Gasteiger partial charge is 0.240 e. The molecule has 0 aliphatic rings. The van der Waals surface area contributed by atoms with E-state index >= 15 is 0 Å². The van der Waals surface area contributed by atoms with Gasteiger partial charge in [0.15, 0.2) is 0 Å². The first-order valence-corrected chi connectivity index (χ1v) is 6.51. The van der Waals surface area contributed by atoms with Crippen molar-refractivity contribution in [2.45, 2.75) is 45.8 Å². The van der Waals surface area contributed by atoms with E-state index in [1.807, 2.05) is 18.0 Å². The molecule has 1 rings (SSSR count). The Kier molecular flexibility index (Phi) is 4.14. The van der Waals surface area contributed by atoms with Crippen LogP contribution in [0.4, 0.5) is 0 Å². The molecule has 0 saturated heterocycles. The molecule has 0 unspecified atom stereocenters. The number of aromatic nitrogens is 2. The van der Waals surface area contributed by atoms with E-state index in [1.54, 1.807) is 0 Å². The SMILES string of the molecule is CCSCc1ncc(C)c(C(C)(C)C)n1. The molecule has 0 fully saturated rings. The van der Waals surface area contributed by atoms with E-state index in [0.29, 0.717) is 0 Å². The molecule has 0 spiro atoms. The molecule has 0 radical (unpaired) electrons. The van der Waals surface area contributed by atoms with Gasteiger partial charge in [-0.15, -0.1) is 0 Å². The van der Waals surface area contributed by atoms with Crippen LogP contribution in [0.15, 0.2) is 6.20 Å². The van der Waals surface area contributed by atoms with Gasteiger partial charge in [0.2, 0.25) is 0 Å². The predicted molar refractivity (Wildman–Crippen MR) is 67.3 cm³/mol. The summed E-state index contributed by atoms with van der Waals surface area (Å²) in [6, 6.07) is 0. The lowest BCUT2D eigenvalue weighted by atomic mass is 9.89. The van der Waals surface area contributed by atoms with Crippen LogP contribution >= 0.6 is 11.8 Å². The van der Waals surface area contributed by atoms with Crippen molar-refractivity contribution >= 4 is 11.8 Å². The maximum atomic E-state index is 4.65. The molecular weight excluding hydrogens is 204 g/mol. The van der Waals surface area contributed by atoms with Gasteiger partial charge < -0.3 is 0 Å². The second-order valence-electron chi connectivity index (χ2n) is 4.70. The summed E-state index contributed by atoms with van der Waals surface area (Å²) in [7, 11) is 0. The molecule has 0 aliphatic carbocycles. The number of aryl methyl sites for hydroxylation is 1. The van der Waals surface area contributed by atoms with E-state index in [4.69, 9.17) is 0 Å². The maximum Gasteiger partial charge on any atom is 0.138 e. The van der Waals surface area contributed by atoms with Gasteiger partial charge in [-0.3, -0.25) is 0 Å². The second-order valence-corrected chi connectivity index (χ2v) is 5.98. The standard InChI is InChI=1S/C12H20N2S/c1-6-15-8-10-13-7-9(2)11(14-10)12(3,4)5/h7H,6,8H2,1-5H3. The molecule has 0 saturated carbocycles. The average Bonchev–Trinajstić information content (AvgIpc) is 2.15. The van der Waals surface area contributed by atoms with Gasteiger partial charge in [-0.05, 0) is 18.2 Å². The van der Waals surface area contributed by atoms with Crippen LogP contribution in [-0.4, -0.2) is 15.7 Å². The Bertz CT molecular complexity index is 329. The summed E-state index contributed by atoms with van der Waals surface area (Å²) < 4.78 is 0. The van der Waals surface area contributed by atoms with Crippen LogP contribution in [0.3, 0.4) is 0 Å². The summed E-state index contributed by atoms with van der Waals surface area (Å²) in [5.74, 6) is 2.99. The molecule has 15 heavy (non-hydrogen) atoms. The van der Waals surface area contributed by atoms with Crippen molar-refractivity contribution in [2.24, 2.45) is 0 Å². The zero-order chi connectivity index (χ0) is 11.5. The highest BCUT2D eigenvalue weighted by atomic mass is 32.2. The van der Waals surface area contributed by atoms with Gasteiger partial charge in [0.05, 0.1) is 11.4 Å². The number of thioether (sulfide) groups is 1. The smallest absolute Gasteiger partial charge is 0.138 e. The fraction of sp³-hybridized carbons (Fsp3) is 0.667. The Labute approximate surface area is 96.9 Å². The van der Waals surface area contributed by atoms with Gasteiger partial charge in [-0.1, -0.05) is 27.7 Å². The fourth-order valence-electron chi connectivity index (χ4n) is 1.50. The molecule has 2 nitrogen and oxygen atoms in total. The number of rotatable bonds is 3. The van der Waals surface area contributed by atoms with Crippen LogP contribution < -0.4 is 0 Å². The zero-order valence-corrected chi connectivity index (χ0v) is 11.1. The summed E-state index contributed by atoms with van der Waals surface area (Å²) in [6.07, 6.45) is 1.94. The van der Waals surface area contributed by atoms with Crippen LogP contribution in [0.25, 0.3) is 0 Å². The van der Waals surface area contributed by atoms with Crippen LogP contribution in [-0.2, 0) is 11.2 Å². The molecule has 3 heteroatoms. The maximum absolute atomic E-state index is 4.65. The molecule has 84 valence electrons. The Morgan fingerprint density at radius 3 is 2.53 bits per heavy atom. The first-order valence-electron chi connectivity index (χ1n) is 5.36. The minimum Gasteiger partial charge on any atom is -0.240 e. The Morgan fingerprint density at radius 2 is 2.00 bits per heavy atom. The Hall–Kier alpha value is -0.570. The van der Waals surface area contributed by atoms with Gasteiger partial charge in [0.1, 0.15) is 5.82 Å². The van der Waals surface area contributed by atoms with Crippen molar-refractivity contribution in [3.8, 4) is 0 Å². The molecule has 0 aliphatic heterocycles. The van der Waals surface area contributed by atoms with Crippen molar-refractivity contribution < 1.29 is 0 Å². The van der Waals surface area contributed by atoms with E-state index in [9.17, 15) is 0 Å². The lowest BCUT2D eigenvalue weighted by Gasteiger charge is -2.20. The predicted octanol–water partition coefficient (Wildman–Crippen LogP) is 3.34. The van der Waals surface area contributed by atoms with Crippen molar-refractivity contribution in [3.63, 3.8) is 0 Å². The van der Waals surface area contributed by atoms with E-state index < -0.39 is 0 Å². The highest BCUT2D eigenvalue weighted by Gasteiger charge is 2.18. The highest BCUT2D eigenvalue weighted by Crippen LogP contribution is 2.23. The van der Waals surface area contributed by atoms with Gasteiger partial charge >= 0.3 is 0 Å². The number of nitrogens with zero attached hydrogens (tertiary/aromatic N) is 2. The lowest BCUT2D eigenvalue weighted by Crippen LogP contribution is -2.17. The van der Waals surface area contributed by atoms with Crippen molar-refractivity contribution in [3.05, 3.63) is 23.3 Å². The fourth-order valence-corrected chi connectivity index (χ4v) is 2.03. The molecule has 0 amide bonds. The molecule has 0 aromatic carbocycles. The van der Waals surface area contributed by atoms with Crippen LogP contribution in [0, 0.1) is 6.92 Å². The summed E-state index contributed by atoms with van der Waals surface area (Å²) in [5.41, 5.74) is 2.47. The van der Waals surface area contributed by atoms with Crippen LogP contribution in [0.1, 0.15) is 44.8 Å². The zero-order valence-electron chi connectivity index (χ0n) is 10.3. The van der Waals surface area contributed by atoms with E-state index in [2.05, 4.69) is 44.6 Å². The van der Waals surface area contributed by atoms with Crippen molar-refractivity contribution in [1.29, 1.82) is 0 Å². The number of hydrogen-bond donors (Lipinski definition) is 0. The molecule has 0 bridgehead atoms. The van der Waals surface area contributed by atoms with Gasteiger partial charge in [-0.25, -0.2) is 9.97 Å². The Balaban J connectivity index is 2.95. The summed E-state index contributed by atoms with van der Waals surface area (Å²) >= 11 is 1.86. The van der Waals surface area contributed by atoms with Crippen molar-refractivity contribution in [2.75, 3.05) is 5.75 Å². The van der Waals surface area contributed by atoms with Crippen LogP contribution in [0.2, 0.25) is 0 Å². The topological polar surface area (TPSA) is 25.8 Å². The summed E-state index contributed by atoms with van der Waals surface area (Å²) in [5, 5.41) is 0. The van der Waals surface area contributed by atoms with E-state index in [-0.39, 0.29) is 5.41 Å². The molecular formula is C12H20N2S. The van der Waals surface area contributed by atoms with Crippen LogP contribution in [0.5, 0.6) is 0 Å². The van der Waals surface area contributed by atoms with Gasteiger partial charge in [-0.2, -0.15) is 11.8 Å². The molecule has 1 aromatic heterocycles. The minimum absolute atomic E-state index is 0.110. The van der Waals surface area contributed by atoms with Gasteiger partial charge in [0.25, 0.3) is 0 Å². The molecule has 0 N–H and O–H groups in total. The second kappa shape index (κ2) is 4.97. The van der Waals surface area contributed by atoms with Gasteiger partial charge in [0, 0.05) is 11.6 Å². The summed E-state index contributed by atoms with van der Waals surface area (Å²) in [6.45, 7) is 10.8. The lowest BCUT2D eigenvalue weighted by molar-refractivity contribution is 0.559. The monoisotopic (exact) mass is 224 g/mol. The minimum atomic E-state index is 0.110. The number of hydrogen-bond acceptors (Lipinski definition) is 3. The third-order valence-corrected chi connectivity index (χ3v) is 3.04. The highest BCUT2D eigenvalue weighted by molar-refractivity contribution is 7.98. The normalized spacial score (nSPS) is 11.8. The first-order chi connectivity index (χ1) is 6.95. The van der Waals surface area contributed by atoms with E-state index in [1.165, 1.54) is 11.3 Å². The Morgan fingerprint density at radius 1 is 1.33 bits per heavy atom. The van der Waals surface area contributed by atoms with E-state index in [0.717, 1.165) is 17.3 Å². The molecule has 0 atom stereocenters. The molecule has 1 heterocycles.